The molecule has 0 atom stereocenters. The molecule has 9 rings (SSSR count). The van der Waals surface area contributed by atoms with Crippen molar-refractivity contribution >= 4 is 47.2 Å². The smallest absolute Gasteiger partial charge is 0.286 e. The normalized spacial score (nSPS) is 11.2. The highest BCUT2D eigenvalue weighted by Gasteiger charge is 2.29. The Morgan fingerprint density at radius 2 is 0.625 bits per heavy atom. The van der Waals surface area contributed by atoms with Gasteiger partial charge >= 0.3 is 6.18 Å². The van der Waals surface area contributed by atoms with E-state index >= 15 is 0 Å². The maximum Gasteiger partial charge on any atom is 0.416 e. The Labute approximate surface area is 440 Å². The maximum absolute atomic E-state index is 11.8. The molecule has 72 heavy (non-hydrogen) atoms. The lowest BCUT2D eigenvalue weighted by molar-refractivity contribution is -0.137. The molecule has 386 valence electrons. The minimum Gasteiger partial charge on any atom is -0.286 e. The first-order valence-electron chi connectivity index (χ1n) is 24.2. The van der Waals surface area contributed by atoms with Gasteiger partial charge in [-0.05, 0) is 79.6 Å². The van der Waals surface area contributed by atoms with Gasteiger partial charge in [0, 0.05) is 0 Å². The van der Waals surface area contributed by atoms with E-state index in [0.717, 1.165) is 37.8 Å². The summed E-state index contributed by atoms with van der Waals surface area (Å²) in [7, 11) is -7.43. The van der Waals surface area contributed by atoms with Crippen LogP contribution in [0.5, 0.6) is 0 Å². The van der Waals surface area contributed by atoms with Crippen LogP contribution >= 0.6 is 27.0 Å². The lowest BCUT2D eigenvalue weighted by atomic mass is 9.77. The lowest BCUT2D eigenvalue weighted by Crippen LogP contribution is -2.03. The van der Waals surface area contributed by atoms with Gasteiger partial charge in [0.1, 0.15) is 0 Å². The van der Waals surface area contributed by atoms with E-state index in [2.05, 4.69) is 159 Å². The van der Waals surface area contributed by atoms with Crippen molar-refractivity contribution in [1.82, 2.24) is 0 Å². The summed E-state index contributed by atoms with van der Waals surface area (Å²) in [6.45, 7) is 4.27. The molecule has 2 aliphatic rings. The van der Waals surface area contributed by atoms with Crippen molar-refractivity contribution in [2.24, 2.45) is 0 Å². The third kappa shape index (κ3) is 19.4. The minimum absolute atomic E-state index is 0. The summed E-state index contributed by atoms with van der Waals surface area (Å²) < 4.78 is 93.3. The Kier molecular flexibility index (Phi) is 26.1. The average Bonchev–Trinajstić information content (AvgIpc) is 3.35. The fraction of sp³-hybridized carbons (Fsp3) is 0.288. The van der Waals surface area contributed by atoms with Crippen LogP contribution in [0.3, 0.4) is 0 Å². The second-order valence-corrected chi connectivity index (χ2v) is 20.4. The molecule has 7 aromatic rings. The van der Waals surface area contributed by atoms with Gasteiger partial charge in [0.15, 0.2) is 0 Å². The summed E-state index contributed by atoms with van der Waals surface area (Å²) in [4.78, 5) is 0. The zero-order valence-corrected chi connectivity index (χ0v) is 44.8. The van der Waals surface area contributed by atoms with E-state index in [9.17, 15) is 30.0 Å². The molecule has 0 unspecified atom stereocenters. The quantitative estimate of drug-likeness (QED) is 0.0737. The van der Waals surface area contributed by atoms with Crippen molar-refractivity contribution in [3.63, 3.8) is 0 Å². The Morgan fingerprint density at radius 3 is 0.944 bits per heavy atom. The second-order valence-electron chi connectivity index (χ2n) is 17.3. The van der Waals surface area contributed by atoms with Gasteiger partial charge in [-0.2, -0.15) is 57.0 Å². The van der Waals surface area contributed by atoms with Gasteiger partial charge < -0.3 is 0 Å². The number of hydrogen-bond acceptors (Lipinski definition) is 4. The molecule has 0 aliphatic heterocycles. The molecule has 0 amide bonds. The Hall–Kier alpha value is -5.15. The number of halogens is 3. The highest BCUT2D eigenvalue weighted by Crippen LogP contribution is 2.52. The van der Waals surface area contributed by atoms with Crippen LogP contribution in [-0.2, 0) is 26.4 Å². The monoisotopic (exact) mass is 1060 g/mol. The van der Waals surface area contributed by atoms with Gasteiger partial charge in [0.25, 0.3) is 20.2 Å². The van der Waals surface area contributed by atoms with Crippen LogP contribution in [0.15, 0.2) is 176 Å². The number of unbranched alkanes of at least 4 members (excludes halogenated alkanes) is 10. The predicted octanol–water partition coefficient (Wildman–Crippen LogP) is 17.4. The fourth-order valence-corrected chi connectivity index (χ4v) is 9.49. The van der Waals surface area contributed by atoms with E-state index in [0.29, 0.717) is 12.8 Å². The van der Waals surface area contributed by atoms with Gasteiger partial charge in [-0.1, -0.05) is 254 Å². The molecule has 0 heterocycles. The van der Waals surface area contributed by atoms with Crippen LogP contribution in [0.4, 0.5) is 13.2 Å². The van der Waals surface area contributed by atoms with E-state index < -0.39 is 32.0 Å². The van der Waals surface area contributed by atoms with Gasteiger partial charge in [-0.25, -0.2) is 0 Å². The minimum atomic E-state index is -4.21. The van der Waals surface area contributed by atoms with Gasteiger partial charge in [0.05, 0.1) is 17.1 Å². The Morgan fingerprint density at radius 1 is 0.347 bits per heavy atom. The molecule has 0 radical (unpaired) electrons. The summed E-state index contributed by atoms with van der Waals surface area (Å²) in [6, 6.07) is 58.0. The maximum atomic E-state index is 11.8. The molecular formula is C59H69F3O6S4. The third-order valence-corrected chi connectivity index (χ3v) is 13.5. The molecule has 0 spiro atoms. The Balaban J connectivity index is 0.000000242. The van der Waals surface area contributed by atoms with E-state index in [4.69, 9.17) is 9.11 Å². The van der Waals surface area contributed by atoms with E-state index in [-0.39, 0.29) is 38.5 Å². The van der Waals surface area contributed by atoms with Crippen LogP contribution in [0, 0.1) is 0 Å². The summed E-state index contributed by atoms with van der Waals surface area (Å²) >= 11 is 0. The molecule has 7 aromatic carbocycles. The predicted molar refractivity (Wildman–Crippen MR) is 304 cm³/mol. The second kappa shape index (κ2) is 30.8. The highest BCUT2D eigenvalue weighted by molar-refractivity contribution is 7.86. The van der Waals surface area contributed by atoms with Crippen molar-refractivity contribution in [2.75, 3.05) is 11.5 Å². The molecule has 13 heteroatoms. The SMILES string of the molecule is CCCCCCCCS(=O)(=O)O.CCCCCCCCS(=O)(=O)O.FC(F)(F)c1ccccc1.S.S.c1ccc(-c2cccc3c2-c2ccccc2-3)cc1.c1ccc(-c2cccc3c2-c2ccccc2-3)cc1. The summed E-state index contributed by atoms with van der Waals surface area (Å²) in [5.41, 5.74) is 15.8. The summed E-state index contributed by atoms with van der Waals surface area (Å²) in [5.74, 6) is -0.168. The average molecular weight is 1060 g/mol. The zero-order chi connectivity index (χ0) is 50.4. The largest absolute Gasteiger partial charge is 0.416 e. The standard InChI is InChI=1S/2C18H12.2C8H18O3S.C7H5F3.2H2S/c2*1-2-7-13(8-3-1)14-11-6-12-17-15-9-4-5-10-16(15)18(14)17;2*1-2-3-4-5-6-7-8-12(9,10)11;8-7(9,10)6-4-2-1-3-5-6;;/h2*1-12H;2*2-8H2,1H3,(H,9,10,11);1-5H;2*1H2. The number of alkyl halides is 3. The first-order valence-corrected chi connectivity index (χ1v) is 27.4. The van der Waals surface area contributed by atoms with Crippen LogP contribution in [0.25, 0.3) is 66.8 Å². The van der Waals surface area contributed by atoms with Crippen molar-refractivity contribution in [1.29, 1.82) is 0 Å². The van der Waals surface area contributed by atoms with E-state index in [1.54, 1.807) is 6.07 Å². The van der Waals surface area contributed by atoms with Crippen LogP contribution in [0.1, 0.15) is 96.5 Å². The number of hydrogen-bond donors (Lipinski definition) is 2. The van der Waals surface area contributed by atoms with Crippen molar-refractivity contribution in [3.8, 4) is 66.8 Å². The fourth-order valence-electron chi connectivity index (χ4n) is 8.35. The van der Waals surface area contributed by atoms with Gasteiger partial charge in [-0.3, -0.25) is 9.11 Å². The van der Waals surface area contributed by atoms with Crippen LogP contribution in [0.2, 0.25) is 0 Å². The van der Waals surface area contributed by atoms with Crippen molar-refractivity contribution < 1.29 is 39.1 Å². The number of rotatable bonds is 16. The van der Waals surface area contributed by atoms with Crippen molar-refractivity contribution in [2.45, 2.75) is 97.1 Å². The molecule has 2 N–H and O–H groups in total. The molecule has 0 saturated heterocycles. The number of benzene rings is 7. The number of fused-ring (bicyclic) bond motifs is 8. The summed E-state index contributed by atoms with van der Waals surface area (Å²) in [5, 5.41) is 0. The first-order chi connectivity index (χ1) is 33.6. The van der Waals surface area contributed by atoms with Gasteiger partial charge in [0.2, 0.25) is 0 Å². The first kappa shape index (κ1) is 61.2. The molecule has 0 fully saturated rings. The Bertz CT molecular complexity index is 2690. The topological polar surface area (TPSA) is 109 Å². The molecular weight excluding hydrogens is 990 g/mol. The van der Waals surface area contributed by atoms with E-state index in [1.165, 1.54) is 117 Å². The van der Waals surface area contributed by atoms with Crippen molar-refractivity contribution in [3.05, 3.63) is 181 Å². The molecule has 6 nitrogen and oxygen atoms in total. The van der Waals surface area contributed by atoms with Crippen LogP contribution in [-0.4, -0.2) is 37.4 Å². The summed E-state index contributed by atoms with van der Waals surface area (Å²) in [6.07, 6.45) is 8.07. The zero-order valence-electron chi connectivity index (χ0n) is 41.1. The molecule has 2 aliphatic carbocycles. The molecule has 0 bridgehead atoms. The highest BCUT2D eigenvalue weighted by atomic mass is 32.2. The van der Waals surface area contributed by atoms with Crippen LogP contribution < -0.4 is 0 Å². The van der Waals surface area contributed by atoms with E-state index in [1.807, 2.05) is 0 Å². The molecule has 0 saturated carbocycles. The lowest BCUT2D eigenvalue weighted by Gasteiger charge is -2.26. The van der Waals surface area contributed by atoms with Gasteiger partial charge in [-0.15, -0.1) is 0 Å². The third-order valence-electron chi connectivity index (χ3n) is 11.9. The molecule has 0 aromatic heterocycles.